The van der Waals surface area contributed by atoms with Crippen LogP contribution in [0.1, 0.15) is 17.2 Å². The number of ether oxygens (including phenoxy) is 1. The van der Waals surface area contributed by atoms with Gasteiger partial charge >= 0.3 is 0 Å². The predicted molar refractivity (Wildman–Crippen MR) is 79.4 cm³/mol. The summed E-state index contributed by atoms with van der Waals surface area (Å²) in [5.74, 6) is 1.57. The van der Waals surface area contributed by atoms with E-state index >= 15 is 0 Å². The molecule has 0 aliphatic carbocycles. The van der Waals surface area contributed by atoms with Gasteiger partial charge in [0.15, 0.2) is 0 Å². The lowest BCUT2D eigenvalue weighted by Gasteiger charge is -2.09. The maximum Gasteiger partial charge on any atom is 0.148 e. The van der Waals surface area contributed by atoms with Crippen LogP contribution < -0.4 is 5.32 Å². The van der Waals surface area contributed by atoms with Crippen molar-refractivity contribution in [2.75, 3.05) is 20.3 Å². The van der Waals surface area contributed by atoms with Crippen molar-refractivity contribution >= 4 is 11.6 Å². The Morgan fingerprint density at radius 3 is 2.75 bits per heavy atom. The molecule has 1 N–H and O–H groups in total. The van der Waals surface area contributed by atoms with Gasteiger partial charge in [-0.05, 0) is 31.5 Å². The third-order valence-corrected chi connectivity index (χ3v) is 3.23. The number of aromatic nitrogens is 3. The Bertz CT molecular complexity index is 583. The van der Waals surface area contributed by atoms with Gasteiger partial charge in [0.2, 0.25) is 0 Å². The average Bonchev–Trinajstić information content (AvgIpc) is 2.74. The van der Waals surface area contributed by atoms with Gasteiger partial charge in [-0.3, -0.25) is 0 Å². The number of hydrogen-bond donors (Lipinski definition) is 1. The van der Waals surface area contributed by atoms with Crippen molar-refractivity contribution in [2.24, 2.45) is 0 Å². The second-order valence-corrected chi connectivity index (χ2v) is 4.98. The Kier molecular flexibility index (Phi) is 5.11. The summed E-state index contributed by atoms with van der Waals surface area (Å²) < 4.78 is 6.75. The van der Waals surface area contributed by atoms with Crippen molar-refractivity contribution < 1.29 is 4.74 Å². The summed E-state index contributed by atoms with van der Waals surface area (Å²) in [6.07, 6.45) is 0. The van der Waals surface area contributed by atoms with E-state index in [1.165, 1.54) is 0 Å². The van der Waals surface area contributed by atoms with Gasteiger partial charge in [-0.1, -0.05) is 17.7 Å². The number of aryl methyl sites for hydroxylation is 2. The molecule has 6 heteroatoms. The molecule has 0 radical (unpaired) electrons. The van der Waals surface area contributed by atoms with Crippen LogP contribution >= 0.6 is 11.6 Å². The third-order valence-electron chi connectivity index (χ3n) is 2.93. The van der Waals surface area contributed by atoms with E-state index in [9.17, 15) is 0 Å². The summed E-state index contributed by atoms with van der Waals surface area (Å²) in [5, 5.41) is 8.30. The molecule has 20 heavy (non-hydrogen) atoms. The summed E-state index contributed by atoms with van der Waals surface area (Å²) in [4.78, 5) is 4.29. The molecular formula is C14H19ClN4O. The molecule has 0 fully saturated rings. The Hall–Kier alpha value is -1.43. The van der Waals surface area contributed by atoms with Crippen molar-refractivity contribution in [3.63, 3.8) is 0 Å². The van der Waals surface area contributed by atoms with Gasteiger partial charge in [0.25, 0.3) is 0 Å². The molecule has 1 aromatic heterocycles. The van der Waals surface area contributed by atoms with Gasteiger partial charge in [-0.15, -0.1) is 0 Å². The fourth-order valence-corrected chi connectivity index (χ4v) is 2.27. The second kappa shape index (κ2) is 6.83. The van der Waals surface area contributed by atoms with E-state index < -0.39 is 0 Å². The van der Waals surface area contributed by atoms with Crippen LogP contribution in [-0.2, 0) is 11.3 Å². The predicted octanol–water partition coefficient (Wildman–Crippen LogP) is 2.27. The molecule has 1 aromatic carbocycles. The minimum atomic E-state index is 0.670. The Morgan fingerprint density at radius 1 is 1.35 bits per heavy atom. The fourth-order valence-electron chi connectivity index (χ4n) is 1.99. The maximum absolute atomic E-state index is 6.34. The van der Waals surface area contributed by atoms with E-state index in [2.05, 4.69) is 15.4 Å². The van der Waals surface area contributed by atoms with Crippen molar-refractivity contribution in [2.45, 2.75) is 20.4 Å². The molecule has 0 amide bonds. The number of rotatable bonds is 6. The van der Waals surface area contributed by atoms with Crippen LogP contribution in [0.3, 0.4) is 0 Å². The molecule has 0 bridgehead atoms. The average molecular weight is 295 g/mol. The topological polar surface area (TPSA) is 52.0 Å². The normalized spacial score (nSPS) is 11.0. The van der Waals surface area contributed by atoms with Crippen LogP contribution in [0.5, 0.6) is 0 Å². The van der Waals surface area contributed by atoms with Gasteiger partial charge in [0.1, 0.15) is 11.6 Å². The quantitative estimate of drug-likeness (QED) is 0.831. The Balaban J connectivity index is 2.12. The van der Waals surface area contributed by atoms with E-state index in [1.54, 1.807) is 11.8 Å². The number of methoxy groups -OCH3 is 1. The first kappa shape index (κ1) is 15.0. The van der Waals surface area contributed by atoms with E-state index in [4.69, 9.17) is 16.3 Å². The maximum atomic E-state index is 6.34. The van der Waals surface area contributed by atoms with Gasteiger partial charge in [0, 0.05) is 20.2 Å². The van der Waals surface area contributed by atoms with Crippen LogP contribution in [0, 0.1) is 13.8 Å². The highest BCUT2D eigenvalue weighted by molar-refractivity contribution is 6.32. The standard InChI is InChI=1S/C14H19ClN4O/c1-10-17-11(2)19(18-10)14-5-4-12(8-13(14)15)9-16-6-7-20-3/h4-5,8,16H,6-7,9H2,1-3H3. The fraction of sp³-hybridized carbons (Fsp3) is 0.429. The molecule has 0 aliphatic rings. The molecule has 0 atom stereocenters. The SMILES string of the molecule is COCCNCc1ccc(-n2nc(C)nc2C)c(Cl)c1. The summed E-state index contributed by atoms with van der Waals surface area (Å²) in [7, 11) is 1.69. The van der Waals surface area contributed by atoms with Crippen LogP contribution in [0.4, 0.5) is 0 Å². The summed E-state index contributed by atoms with van der Waals surface area (Å²) in [6, 6.07) is 5.96. The number of nitrogens with one attached hydrogen (secondary N) is 1. The van der Waals surface area contributed by atoms with Gasteiger partial charge in [0.05, 0.1) is 17.3 Å². The molecule has 0 saturated carbocycles. The summed E-state index contributed by atoms with van der Waals surface area (Å²) in [5.41, 5.74) is 1.98. The first-order valence-corrected chi connectivity index (χ1v) is 6.88. The van der Waals surface area contributed by atoms with Gasteiger partial charge < -0.3 is 10.1 Å². The van der Waals surface area contributed by atoms with Crippen molar-refractivity contribution in [3.05, 3.63) is 40.4 Å². The number of benzene rings is 1. The number of nitrogens with zero attached hydrogens (tertiary/aromatic N) is 3. The highest BCUT2D eigenvalue weighted by atomic mass is 35.5. The monoisotopic (exact) mass is 294 g/mol. The molecule has 0 spiro atoms. The minimum absolute atomic E-state index is 0.670. The molecule has 1 heterocycles. The molecular weight excluding hydrogens is 276 g/mol. The van der Waals surface area contributed by atoms with Crippen molar-refractivity contribution in [1.82, 2.24) is 20.1 Å². The molecule has 0 aliphatic heterocycles. The molecule has 2 rings (SSSR count). The van der Waals surface area contributed by atoms with Crippen LogP contribution in [0.25, 0.3) is 5.69 Å². The number of hydrogen-bond acceptors (Lipinski definition) is 4. The molecule has 2 aromatic rings. The third kappa shape index (κ3) is 3.56. The van der Waals surface area contributed by atoms with E-state index in [0.29, 0.717) is 11.6 Å². The van der Waals surface area contributed by atoms with E-state index in [-0.39, 0.29) is 0 Å². The largest absolute Gasteiger partial charge is 0.383 e. The molecule has 108 valence electrons. The second-order valence-electron chi connectivity index (χ2n) is 4.57. The van der Waals surface area contributed by atoms with Gasteiger partial charge in [-0.25, -0.2) is 9.67 Å². The zero-order valence-corrected chi connectivity index (χ0v) is 12.7. The first-order chi connectivity index (χ1) is 9.61. The van der Waals surface area contributed by atoms with Crippen molar-refractivity contribution in [3.8, 4) is 5.69 Å². The van der Waals surface area contributed by atoms with Crippen LogP contribution in [0.15, 0.2) is 18.2 Å². The first-order valence-electron chi connectivity index (χ1n) is 6.50. The lowest BCUT2D eigenvalue weighted by Crippen LogP contribution is -2.18. The van der Waals surface area contributed by atoms with E-state index in [0.717, 1.165) is 36.0 Å². The molecule has 5 nitrogen and oxygen atoms in total. The number of halogens is 1. The lowest BCUT2D eigenvalue weighted by atomic mass is 10.2. The van der Waals surface area contributed by atoms with Crippen LogP contribution in [0.2, 0.25) is 5.02 Å². The van der Waals surface area contributed by atoms with Gasteiger partial charge in [-0.2, -0.15) is 5.10 Å². The Morgan fingerprint density at radius 2 is 2.15 bits per heavy atom. The van der Waals surface area contributed by atoms with Crippen molar-refractivity contribution in [1.29, 1.82) is 0 Å². The minimum Gasteiger partial charge on any atom is -0.383 e. The van der Waals surface area contributed by atoms with Crippen LogP contribution in [-0.4, -0.2) is 35.0 Å². The molecule has 0 unspecified atom stereocenters. The smallest absolute Gasteiger partial charge is 0.148 e. The Labute approximate surface area is 123 Å². The highest BCUT2D eigenvalue weighted by Gasteiger charge is 2.09. The lowest BCUT2D eigenvalue weighted by molar-refractivity contribution is 0.199. The highest BCUT2D eigenvalue weighted by Crippen LogP contribution is 2.22. The summed E-state index contributed by atoms with van der Waals surface area (Å²) in [6.45, 7) is 6.06. The summed E-state index contributed by atoms with van der Waals surface area (Å²) >= 11 is 6.34. The zero-order valence-electron chi connectivity index (χ0n) is 12.0. The molecule has 0 saturated heterocycles. The zero-order chi connectivity index (χ0) is 14.5. The van der Waals surface area contributed by atoms with E-state index in [1.807, 2.05) is 32.0 Å².